The number of hydrogen-bond acceptors (Lipinski definition) is 4. The number of carbonyl (C=O) groups is 1. The molecule has 6 nitrogen and oxygen atoms in total. The Balaban J connectivity index is 1.79. The summed E-state index contributed by atoms with van der Waals surface area (Å²) in [5.74, 6) is -0.0300. The number of ether oxygens (including phenoxy) is 1. The molecule has 0 spiro atoms. The number of nitrogens with zero attached hydrogens (tertiary/aromatic N) is 2. The third-order valence-corrected chi connectivity index (χ3v) is 4.30. The van der Waals surface area contributed by atoms with E-state index in [0.29, 0.717) is 45.4 Å². The average molecular weight is 295 g/mol. The standard InChI is InChI=1S/C15H25N3O3/c1-11-13(12(2)18(3)17-11)4-5-14(19)16-10-15(20)6-8-21-9-7-15/h20H,4-10H2,1-3H3,(H,16,19). The first-order chi connectivity index (χ1) is 9.91. The zero-order valence-electron chi connectivity index (χ0n) is 13.1. The first-order valence-corrected chi connectivity index (χ1v) is 7.47. The smallest absolute Gasteiger partial charge is 0.220 e. The first-order valence-electron chi connectivity index (χ1n) is 7.47. The van der Waals surface area contributed by atoms with Gasteiger partial charge in [0, 0.05) is 51.8 Å². The summed E-state index contributed by atoms with van der Waals surface area (Å²) >= 11 is 0. The molecule has 1 fully saturated rings. The predicted molar refractivity (Wildman–Crippen MR) is 79.0 cm³/mol. The first kappa shape index (κ1) is 16.0. The lowest BCUT2D eigenvalue weighted by Gasteiger charge is -2.32. The van der Waals surface area contributed by atoms with Gasteiger partial charge in [-0.3, -0.25) is 9.48 Å². The molecule has 1 saturated heterocycles. The maximum Gasteiger partial charge on any atom is 0.220 e. The Labute approximate surface area is 125 Å². The Morgan fingerprint density at radius 2 is 2.10 bits per heavy atom. The number of hydrogen-bond donors (Lipinski definition) is 2. The summed E-state index contributed by atoms with van der Waals surface area (Å²) in [4.78, 5) is 11.9. The summed E-state index contributed by atoms with van der Waals surface area (Å²) < 4.78 is 7.06. The molecule has 21 heavy (non-hydrogen) atoms. The quantitative estimate of drug-likeness (QED) is 0.835. The summed E-state index contributed by atoms with van der Waals surface area (Å²) in [6.45, 7) is 5.39. The van der Waals surface area contributed by atoms with E-state index in [0.717, 1.165) is 17.0 Å². The van der Waals surface area contributed by atoms with Crippen LogP contribution in [0.4, 0.5) is 0 Å². The molecule has 0 bridgehead atoms. The highest BCUT2D eigenvalue weighted by Gasteiger charge is 2.30. The molecule has 2 heterocycles. The minimum absolute atomic E-state index is 0.0300. The van der Waals surface area contributed by atoms with Crippen molar-refractivity contribution in [1.82, 2.24) is 15.1 Å². The molecule has 1 aromatic heterocycles. The maximum atomic E-state index is 11.9. The molecule has 0 saturated carbocycles. The SMILES string of the molecule is Cc1nn(C)c(C)c1CCC(=O)NCC1(O)CCOCC1. The van der Waals surface area contributed by atoms with E-state index in [2.05, 4.69) is 10.4 Å². The molecule has 1 aliphatic rings. The Morgan fingerprint density at radius 3 is 2.67 bits per heavy atom. The van der Waals surface area contributed by atoms with Crippen molar-refractivity contribution in [3.63, 3.8) is 0 Å². The summed E-state index contributed by atoms with van der Waals surface area (Å²) in [7, 11) is 1.91. The Morgan fingerprint density at radius 1 is 1.43 bits per heavy atom. The van der Waals surface area contributed by atoms with E-state index >= 15 is 0 Å². The highest BCUT2D eigenvalue weighted by Crippen LogP contribution is 2.19. The number of carbonyl (C=O) groups excluding carboxylic acids is 1. The van der Waals surface area contributed by atoms with Crippen molar-refractivity contribution in [3.8, 4) is 0 Å². The fourth-order valence-electron chi connectivity index (χ4n) is 2.70. The Bertz CT molecular complexity index is 505. The monoisotopic (exact) mass is 295 g/mol. The fourth-order valence-corrected chi connectivity index (χ4v) is 2.70. The van der Waals surface area contributed by atoms with Crippen LogP contribution in [-0.2, 0) is 23.0 Å². The van der Waals surface area contributed by atoms with Crippen molar-refractivity contribution in [1.29, 1.82) is 0 Å². The molecule has 1 aromatic rings. The van der Waals surface area contributed by atoms with Crippen LogP contribution in [0.25, 0.3) is 0 Å². The van der Waals surface area contributed by atoms with Crippen molar-refractivity contribution < 1.29 is 14.6 Å². The highest BCUT2D eigenvalue weighted by molar-refractivity contribution is 5.76. The van der Waals surface area contributed by atoms with Crippen molar-refractivity contribution in [2.45, 2.75) is 45.1 Å². The minimum Gasteiger partial charge on any atom is -0.388 e. The molecular weight excluding hydrogens is 270 g/mol. The molecule has 118 valence electrons. The summed E-state index contributed by atoms with van der Waals surface area (Å²) in [5.41, 5.74) is 2.40. The molecule has 0 radical (unpaired) electrons. The third kappa shape index (κ3) is 4.04. The van der Waals surface area contributed by atoms with Crippen LogP contribution in [0, 0.1) is 13.8 Å². The van der Waals surface area contributed by atoms with E-state index in [4.69, 9.17) is 4.74 Å². The molecular formula is C15H25N3O3. The summed E-state index contributed by atoms with van der Waals surface area (Å²) in [6, 6.07) is 0. The van der Waals surface area contributed by atoms with Crippen molar-refractivity contribution >= 4 is 5.91 Å². The number of rotatable bonds is 5. The molecule has 1 aliphatic heterocycles. The number of amides is 1. The molecule has 0 unspecified atom stereocenters. The van der Waals surface area contributed by atoms with E-state index < -0.39 is 5.60 Å². The van der Waals surface area contributed by atoms with Crippen LogP contribution in [-0.4, -0.2) is 46.2 Å². The van der Waals surface area contributed by atoms with Gasteiger partial charge in [-0.1, -0.05) is 0 Å². The molecule has 1 amide bonds. The van der Waals surface area contributed by atoms with E-state index in [1.54, 1.807) is 0 Å². The second-order valence-electron chi connectivity index (χ2n) is 5.89. The van der Waals surface area contributed by atoms with Crippen LogP contribution in [0.1, 0.15) is 36.2 Å². The molecule has 6 heteroatoms. The van der Waals surface area contributed by atoms with Crippen LogP contribution >= 0.6 is 0 Å². The number of aryl methyl sites for hydroxylation is 2. The second kappa shape index (κ2) is 6.58. The lowest BCUT2D eigenvalue weighted by Crippen LogP contribution is -2.46. The maximum absolute atomic E-state index is 11.9. The van der Waals surface area contributed by atoms with Gasteiger partial charge in [0.05, 0.1) is 11.3 Å². The normalized spacial score (nSPS) is 17.7. The lowest BCUT2D eigenvalue weighted by atomic mass is 9.94. The van der Waals surface area contributed by atoms with Gasteiger partial charge < -0.3 is 15.2 Å². The molecule has 2 N–H and O–H groups in total. The van der Waals surface area contributed by atoms with Gasteiger partial charge >= 0.3 is 0 Å². The Hall–Kier alpha value is -1.40. The van der Waals surface area contributed by atoms with Crippen LogP contribution in [0.15, 0.2) is 0 Å². The molecule has 0 aromatic carbocycles. The molecule has 0 atom stereocenters. The molecule has 0 aliphatic carbocycles. The summed E-state index contributed by atoms with van der Waals surface area (Å²) in [6.07, 6.45) is 2.25. The minimum atomic E-state index is -0.811. The fraction of sp³-hybridized carbons (Fsp3) is 0.733. The second-order valence-corrected chi connectivity index (χ2v) is 5.89. The zero-order valence-corrected chi connectivity index (χ0v) is 13.1. The van der Waals surface area contributed by atoms with Gasteiger partial charge in [0.2, 0.25) is 5.91 Å². The van der Waals surface area contributed by atoms with E-state index in [1.165, 1.54) is 0 Å². The zero-order chi connectivity index (χ0) is 15.5. The highest BCUT2D eigenvalue weighted by atomic mass is 16.5. The van der Waals surface area contributed by atoms with Gasteiger partial charge in [0.1, 0.15) is 0 Å². The van der Waals surface area contributed by atoms with Crippen LogP contribution in [0.3, 0.4) is 0 Å². The van der Waals surface area contributed by atoms with E-state index in [-0.39, 0.29) is 5.91 Å². The van der Waals surface area contributed by atoms with Gasteiger partial charge in [-0.2, -0.15) is 5.10 Å². The van der Waals surface area contributed by atoms with Crippen molar-refractivity contribution in [2.24, 2.45) is 7.05 Å². The van der Waals surface area contributed by atoms with Crippen LogP contribution in [0.2, 0.25) is 0 Å². The average Bonchev–Trinajstić information content (AvgIpc) is 2.69. The van der Waals surface area contributed by atoms with Gasteiger partial charge in [0.25, 0.3) is 0 Å². The van der Waals surface area contributed by atoms with Gasteiger partial charge in [-0.15, -0.1) is 0 Å². The van der Waals surface area contributed by atoms with Crippen LogP contribution < -0.4 is 5.32 Å². The number of aliphatic hydroxyl groups is 1. The summed E-state index contributed by atoms with van der Waals surface area (Å²) in [5, 5.41) is 17.5. The largest absolute Gasteiger partial charge is 0.388 e. The van der Waals surface area contributed by atoms with E-state index in [1.807, 2.05) is 25.6 Å². The topological polar surface area (TPSA) is 76.4 Å². The van der Waals surface area contributed by atoms with Gasteiger partial charge in [0.15, 0.2) is 0 Å². The van der Waals surface area contributed by atoms with Crippen LogP contribution in [0.5, 0.6) is 0 Å². The third-order valence-electron chi connectivity index (χ3n) is 4.30. The van der Waals surface area contributed by atoms with Gasteiger partial charge in [-0.05, 0) is 25.8 Å². The molecule has 2 rings (SSSR count). The number of nitrogens with one attached hydrogen (secondary N) is 1. The number of aromatic nitrogens is 2. The van der Waals surface area contributed by atoms with E-state index in [9.17, 15) is 9.90 Å². The Kier molecular flexibility index (Phi) is 5.00. The predicted octanol–water partition coefficient (Wildman–Crippen LogP) is 0.627. The van der Waals surface area contributed by atoms with Crippen molar-refractivity contribution in [3.05, 3.63) is 17.0 Å². The van der Waals surface area contributed by atoms with Crippen molar-refractivity contribution in [2.75, 3.05) is 19.8 Å². The van der Waals surface area contributed by atoms with Gasteiger partial charge in [-0.25, -0.2) is 0 Å². The lowest BCUT2D eigenvalue weighted by molar-refractivity contribution is -0.123.